The zero-order chi connectivity index (χ0) is 13.1. The van der Waals surface area contributed by atoms with Crippen LogP contribution >= 0.6 is 11.6 Å². The van der Waals surface area contributed by atoms with Crippen LogP contribution < -0.4 is 11.1 Å². The SMILES string of the molecule is Nc1cc(Cl)cc(C(=O)NC2CCS(=O)CC2)c1. The first-order chi connectivity index (χ1) is 8.54. The Morgan fingerprint density at radius 1 is 1.33 bits per heavy atom. The van der Waals surface area contributed by atoms with Crippen LogP contribution in [0.2, 0.25) is 5.02 Å². The summed E-state index contributed by atoms with van der Waals surface area (Å²) in [5.41, 5.74) is 6.58. The maximum atomic E-state index is 12.0. The van der Waals surface area contributed by atoms with Crippen molar-refractivity contribution < 1.29 is 9.00 Å². The molecule has 1 aliphatic heterocycles. The molecule has 0 radical (unpaired) electrons. The van der Waals surface area contributed by atoms with Crippen molar-refractivity contribution >= 4 is 34.0 Å². The number of hydrogen-bond donors (Lipinski definition) is 2. The fraction of sp³-hybridized carbons (Fsp3) is 0.417. The molecule has 0 aromatic heterocycles. The van der Waals surface area contributed by atoms with Crippen molar-refractivity contribution in [3.63, 3.8) is 0 Å². The van der Waals surface area contributed by atoms with Gasteiger partial charge >= 0.3 is 0 Å². The van der Waals surface area contributed by atoms with Crippen molar-refractivity contribution in [3.05, 3.63) is 28.8 Å². The predicted octanol–water partition coefficient (Wildman–Crippen LogP) is 1.56. The van der Waals surface area contributed by atoms with Crippen molar-refractivity contribution in [2.75, 3.05) is 17.2 Å². The molecular weight excluding hydrogens is 272 g/mol. The number of carbonyl (C=O) groups is 1. The van der Waals surface area contributed by atoms with Crippen LogP contribution in [0.4, 0.5) is 5.69 Å². The molecule has 6 heteroatoms. The van der Waals surface area contributed by atoms with E-state index in [1.807, 2.05) is 0 Å². The molecule has 1 saturated heterocycles. The molecule has 1 aromatic rings. The molecule has 1 aromatic carbocycles. The molecule has 0 saturated carbocycles. The van der Waals surface area contributed by atoms with Crippen LogP contribution in [0, 0.1) is 0 Å². The summed E-state index contributed by atoms with van der Waals surface area (Å²) in [5, 5.41) is 3.37. The van der Waals surface area contributed by atoms with Crippen LogP contribution in [0.5, 0.6) is 0 Å². The third kappa shape index (κ3) is 3.46. The Morgan fingerprint density at radius 3 is 2.61 bits per heavy atom. The van der Waals surface area contributed by atoms with E-state index in [0.717, 1.165) is 12.8 Å². The Labute approximate surface area is 113 Å². The van der Waals surface area contributed by atoms with Gasteiger partial charge in [-0.05, 0) is 31.0 Å². The number of rotatable bonds is 2. The van der Waals surface area contributed by atoms with E-state index >= 15 is 0 Å². The van der Waals surface area contributed by atoms with Gasteiger partial charge in [0.2, 0.25) is 0 Å². The van der Waals surface area contributed by atoms with Crippen LogP contribution in [-0.2, 0) is 10.8 Å². The molecule has 4 nitrogen and oxygen atoms in total. The Balaban J connectivity index is 2.01. The number of anilines is 1. The van der Waals surface area contributed by atoms with Gasteiger partial charge in [0.05, 0.1) is 0 Å². The molecule has 1 fully saturated rings. The topological polar surface area (TPSA) is 72.2 Å². The number of carbonyl (C=O) groups excluding carboxylic acids is 1. The van der Waals surface area contributed by atoms with E-state index < -0.39 is 10.8 Å². The highest BCUT2D eigenvalue weighted by molar-refractivity contribution is 7.85. The number of nitrogens with one attached hydrogen (secondary N) is 1. The molecule has 0 atom stereocenters. The van der Waals surface area contributed by atoms with Crippen LogP contribution in [0.25, 0.3) is 0 Å². The van der Waals surface area contributed by atoms with E-state index in [0.29, 0.717) is 27.8 Å². The summed E-state index contributed by atoms with van der Waals surface area (Å²) in [6.07, 6.45) is 1.52. The average molecular weight is 287 g/mol. The molecule has 18 heavy (non-hydrogen) atoms. The fourth-order valence-corrected chi connectivity index (χ4v) is 3.49. The van der Waals surface area contributed by atoms with Crippen molar-refractivity contribution in [2.24, 2.45) is 0 Å². The quantitative estimate of drug-likeness (QED) is 0.811. The summed E-state index contributed by atoms with van der Waals surface area (Å²) in [6, 6.07) is 4.88. The Hall–Kier alpha value is -1.07. The summed E-state index contributed by atoms with van der Waals surface area (Å²) >= 11 is 5.86. The van der Waals surface area contributed by atoms with Crippen molar-refractivity contribution in [1.29, 1.82) is 0 Å². The molecule has 2 rings (SSSR count). The second kappa shape index (κ2) is 5.71. The van der Waals surface area contributed by atoms with Gasteiger partial charge in [-0.25, -0.2) is 0 Å². The van der Waals surface area contributed by atoms with Crippen molar-refractivity contribution in [2.45, 2.75) is 18.9 Å². The molecule has 0 bridgehead atoms. The minimum absolute atomic E-state index is 0.0930. The average Bonchev–Trinajstić information content (AvgIpc) is 2.31. The first-order valence-corrected chi connectivity index (χ1v) is 7.63. The minimum atomic E-state index is -0.720. The van der Waals surface area contributed by atoms with E-state index in [2.05, 4.69) is 5.32 Å². The first kappa shape index (κ1) is 13.4. The lowest BCUT2D eigenvalue weighted by molar-refractivity contribution is 0.0934. The second-order valence-corrected chi connectivity index (χ2v) is 6.50. The summed E-state index contributed by atoms with van der Waals surface area (Å²) < 4.78 is 11.2. The number of amides is 1. The molecule has 1 aliphatic rings. The molecule has 1 heterocycles. The van der Waals surface area contributed by atoms with E-state index in [9.17, 15) is 9.00 Å². The highest BCUT2D eigenvalue weighted by Crippen LogP contribution is 2.17. The third-order valence-corrected chi connectivity index (χ3v) is 4.51. The van der Waals surface area contributed by atoms with Crippen LogP contribution in [0.1, 0.15) is 23.2 Å². The first-order valence-electron chi connectivity index (χ1n) is 5.76. The zero-order valence-electron chi connectivity index (χ0n) is 9.82. The van der Waals surface area contributed by atoms with Gasteiger partial charge in [0.15, 0.2) is 0 Å². The number of benzene rings is 1. The third-order valence-electron chi connectivity index (χ3n) is 2.91. The van der Waals surface area contributed by atoms with Gasteiger partial charge in [-0.15, -0.1) is 0 Å². The largest absolute Gasteiger partial charge is 0.399 e. The standard InChI is InChI=1S/C12H15ClN2O2S/c13-9-5-8(6-10(14)7-9)12(16)15-11-1-3-18(17)4-2-11/h5-7,11H,1-4,14H2,(H,15,16). The minimum Gasteiger partial charge on any atom is -0.399 e. The second-order valence-electron chi connectivity index (χ2n) is 4.37. The predicted molar refractivity (Wildman–Crippen MR) is 74.2 cm³/mol. The summed E-state index contributed by atoms with van der Waals surface area (Å²) in [5.74, 6) is 1.13. The van der Waals surface area contributed by atoms with Gasteiger partial charge in [-0.2, -0.15) is 0 Å². The van der Waals surface area contributed by atoms with Gasteiger partial charge in [-0.3, -0.25) is 9.00 Å². The lowest BCUT2D eigenvalue weighted by atomic mass is 10.1. The summed E-state index contributed by atoms with van der Waals surface area (Å²) in [6.45, 7) is 0. The molecule has 0 aliphatic carbocycles. The summed E-state index contributed by atoms with van der Waals surface area (Å²) in [4.78, 5) is 12.0. The molecule has 98 valence electrons. The van der Waals surface area contributed by atoms with E-state index in [4.69, 9.17) is 17.3 Å². The van der Waals surface area contributed by atoms with Gasteiger partial charge in [0, 0.05) is 44.6 Å². The van der Waals surface area contributed by atoms with Crippen molar-refractivity contribution in [3.8, 4) is 0 Å². The van der Waals surface area contributed by atoms with Gasteiger partial charge in [-0.1, -0.05) is 11.6 Å². The van der Waals surface area contributed by atoms with Gasteiger partial charge in [0.1, 0.15) is 0 Å². The van der Waals surface area contributed by atoms with E-state index in [1.165, 1.54) is 0 Å². The molecule has 0 unspecified atom stereocenters. The van der Waals surface area contributed by atoms with Crippen molar-refractivity contribution in [1.82, 2.24) is 5.32 Å². The highest BCUT2D eigenvalue weighted by atomic mass is 35.5. The Morgan fingerprint density at radius 2 is 2.00 bits per heavy atom. The van der Waals surface area contributed by atoms with E-state index in [1.54, 1.807) is 18.2 Å². The monoisotopic (exact) mass is 286 g/mol. The molecule has 3 N–H and O–H groups in total. The van der Waals surface area contributed by atoms with Gasteiger partial charge < -0.3 is 11.1 Å². The van der Waals surface area contributed by atoms with Crippen LogP contribution in [0.3, 0.4) is 0 Å². The molecular formula is C12H15ClN2O2S. The molecule has 1 amide bonds. The zero-order valence-corrected chi connectivity index (χ0v) is 11.4. The normalized spacial score (nSPS) is 23.6. The van der Waals surface area contributed by atoms with E-state index in [-0.39, 0.29) is 11.9 Å². The Kier molecular flexibility index (Phi) is 4.24. The van der Waals surface area contributed by atoms with Gasteiger partial charge in [0.25, 0.3) is 5.91 Å². The fourth-order valence-electron chi connectivity index (χ4n) is 1.95. The number of hydrogen-bond acceptors (Lipinski definition) is 3. The van der Waals surface area contributed by atoms with Crippen LogP contribution in [-0.4, -0.2) is 27.7 Å². The lowest BCUT2D eigenvalue weighted by Gasteiger charge is -2.22. The smallest absolute Gasteiger partial charge is 0.251 e. The highest BCUT2D eigenvalue weighted by Gasteiger charge is 2.20. The Bertz CT molecular complexity index is 463. The molecule has 0 spiro atoms. The number of nitrogen functional groups attached to an aromatic ring is 1. The maximum Gasteiger partial charge on any atom is 0.251 e. The lowest BCUT2D eigenvalue weighted by Crippen LogP contribution is -2.39. The van der Waals surface area contributed by atoms with Crippen LogP contribution in [0.15, 0.2) is 18.2 Å². The number of halogens is 1. The number of nitrogens with two attached hydrogens (primary N) is 1. The summed E-state index contributed by atoms with van der Waals surface area (Å²) in [7, 11) is -0.720. The maximum absolute atomic E-state index is 12.0.